The summed E-state index contributed by atoms with van der Waals surface area (Å²) in [5.74, 6) is -0.167. The normalized spacial score (nSPS) is 11.8. The number of nitrogens with zero attached hydrogens (tertiary/aromatic N) is 2. The van der Waals surface area contributed by atoms with E-state index in [2.05, 4.69) is 9.97 Å². The zero-order valence-corrected chi connectivity index (χ0v) is 10.3. The van der Waals surface area contributed by atoms with E-state index in [1.807, 2.05) is 0 Å². The highest BCUT2D eigenvalue weighted by atomic mass is 35.5. The highest BCUT2D eigenvalue weighted by Gasteiger charge is 2.35. The summed E-state index contributed by atoms with van der Waals surface area (Å²) < 4.78 is 43.1. The van der Waals surface area contributed by atoms with Crippen molar-refractivity contribution in [2.75, 3.05) is 18.6 Å². The average molecular weight is 293 g/mol. The van der Waals surface area contributed by atoms with Crippen LogP contribution in [0.2, 0.25) is 5.02 Å². The summed E-state index contributed by atoms with van der Waals surface area (Å²) in [5, 5.41) is -0.626. The third-order valence-corrected chi connectivity index (χ3v) is 2.83. The first kappa shape index (κ1) is 13.5. The summed E-state index contributed by atoms with van der Waals surface area (Å²) in [6, 6.07) is 0.753. The van der Waals surface area contributed by atoms with Gasteiger partial charge in [0.25, 0.3) is 5.88 Å². The summed E-state index contributed by atoms with van der Waals surface area (Å²) in [5.41, 5.74) is 9.56. The zero-order valence-electron chi connectivity index (χ0n) is 9.55. The average Bonchev–Trinajstić information content (AvgIpc) is 2.32. The summed E-state index contributed by atoms with van der Waals surface area (Å²) in [6.07, 6.45) is -4.64. The summed E-state index contributed by atoms with van der Waals surface area (Å²) >= 11 is 5.60. The van der Waals surface area contributed by atoms with Crippen LogP contribution in [0.15, 0.2) is 6.07 Å². The van der Waals surface area contributed by atoms with E-state index in [-0.39, 0.29) is 28.4 Å². The predicted molar refractivity (Wildman–Crippen MR) is 64.9 cm³/mol. The van der Waals surface area contributed by atoms with Gasteiger partial charge in [-0.25, -0.2) is 9.97 Å². The molecule has 4 N–H and O–H groups in total. The number of nitrogen functional groups attached to an aromatic ring is 2. The molecule has 0 aliphatic heterocycles. The third kappa shape index (κ3) is 2.19. The van der Waals surface area contributed by atoms with Crippen molar-refractivity contribution in [3.05, 3.63) is 16.7 Å². The maximum atomic E-state index is 12.8. The van der Waals surface area contributed by atoms with E-state index in [1.165, 1.54) is 7.11 Å². The Morgan fingerprint density at radius 1 is 1.26 bits per heavy atom. The second kappa shape index (κ2) is 4.30. The smallest absolute Gasteiger partial charge is 0.418 e. The molecule has 1 aromatic carbocycles. The van der Waals surface area contributed by atoms with Gasteiger partial charge in [-0.3, -0.25) is 0 Å². The first-order valence-corrected chi connectivity index (χ1v) is 5.30. The summed E-state index contributed by atoms with van der Waals surface area (Å²) in [4.78, 5) is 7.66. The van der Waals surface area contributed by atoms with E-state index >= 15 is 0 Å². The van der Waals surface area contributed by atoms with Gasteiger partial charge in [0.15, 0.2) is 5.82 Å². The van der Waals surface area contributed by atoms with E-state index in [4.69, 9.17) is 27.8 Å². The molecule has 0 aliphatic rings. The SMILES string of the molecule is COc1nc2cc(C(F)(F)F)c(Cl)c(N)c2nc1N. The molecule has 0 unspecified atom stereocenters. The molecule has 0 bridgehead atoms. The van der Waals surface area contributed by atoms with Crippen molar-refractivity contribution >= 4 is 34.1 Å². The van der Waals surface area contributed by atoms with Crippen LogP contribution in [0.4, 0.5) is 24.7 Å². The van der Waals surface area contributed by atoms with Crippen LogP contribution in [0.3, 0.4) is 0 Å². The molecular weight excluding hydrogens is 285 g/mol. The number of fused-ring (bicyclic) bond motifs is 1. The summed E-state index contributed by atoms with van der Waals surface area (Å²) in [6.45, 7) is 0. The van der Waals surface area contributed by atoms with Crippen LogP contribution in [0.25, 0.3) is 11.0 Å². The molecule has 0 radical (unpaired) electrons. The van der Waals surface area contributed by atoms with Gasteiger partial charge >= 0.3 is 6.18 Å². The van der Waals surface area contributed by atoms with Gasteiger partial charge in [-0.15, -0.1) is 0 Å². The quantitative estimate of drug-likeness (QED) is 0.788. The molecule has 5 nitrogen and oxygen atoms in total. The van der Waals surface area contributed by atoms with Crippen LogP contribution in [-0.4, -0.2) is 17.1 Å². The lowest BCUT2D eigenvalue weighted by Gasteiger charge is -2.13. The largest absolute Gasteiger partial charge is 0.478 e. The maximum Gasteiger partial charge on any atom is 0.418 e. The molecule has 1 heterocycles. The number of nitrogens with two attached hydrogens (primary N) is 2. The van der Waals surface area contributed by atoms with Crippen molar-refractivity contribution in [1.29, 1.82) is 0 Å². The van der Waals surface area contributed by atoms with E-state index in [1.54, 1.807) is 0 Å². The van der Waals surface area contributed by atoms with Gasteiger partial charge in [0.2, 0.25) is 0 Å². The van der Waals surface area contributed by atoms with Gasteiger partial charge in [0, 0.05) is 0 Å². The predicted octanol–water partition coefficient (Wildman–Crippen LogP) is 2.47. The van der Waals surface area contributed by atoms with Crippen LogP contribution in [0.1, 0.15) is 5.56 Å². The topological polar surface area (TPSA) is 87.0 Å². The van der Waals surface area contributed by atoms with Crippen LogP contribution in [0.5, 0.6) is 5.88 Å². The molecule has 0 amide bonds. The Labute approximate surface area is 110 Å². The molecule has 0 aliphatic carbocycles. The molecule has 1 aromatic heterocycles. The van der Waals surface area contributed by atoms with Gasteiger partial charge in [-0.2, -0.15) is 13.2 Å². The number of halogens is 4. The fourth-order valence-corrected chi connectivity index (χ4v) is 1.80. The van der Waals surface area contributed by atoms with Crippen molar-refractivity contribution in [3.8, 4) is 5.88 Å². The van der Waals surface area contributed by atoms with Crippen molar-refractivity contribution in [2.24, 2.45) is 0 Å². The second-order valence-electron chi connectivity index (χ2n) is 3.64. The molecule has 0 fully saturated rings. The third-order valence-electron chi connectivity index (χ3n) is 2.42. The van der Waals surface area contributed by atoms with Crippen LogP contribution in [-0.2, 0) is 6.18 Å². The molecule has 102 valence electrons. The monoisotopic (exact) mass is 292 g/mol. The molecule has 19 heavy (non-hydrogen) atoms. The second-order valence-corrected chi connectivity index (χ2v) is 4.01. The van der Waals surface area contributed by atoms with Crippen molar-refractivity contribution in [1.82, 2.24) is 9.97 Å². The van der Waals surface area contributed by atoms with Gasteiger partial charge < -0.3 is 16.2 Å². The highest BCUT2D eigenvalue weighted by Crippen LogP contribution is 2.41. The lowest BCUT2D eigenvalue weighted by molar-refractivity contribution is -0.137. The molecule has 2 aromatic rings. The minimum Gasteiger partial charge on any atom is -0.478 e. The number of rotatable bonds is 1. The fourth-order valence-electron chi connectivity index (χ4n) is 1.55. The van der Waals surface area contributed by atoms with Gasteiger partial charge in [-0.1, -0.05) is 11.6 Å². The standard InChI is InChI=1S/C10H8ClF3N4O/c1-19-9-8(16)18-7-4(17-9)2-3(10(12,13)14)5(11)6(7)15/h2H,15H2,1H3,(H2,16,18). The van der Waals surface area contributed by atoms with Crippen molar-refractivity contribution < 1.29 is 17.9 Å². The van der Waals surface area contributed by atoms with E-state index in [0.29, 0.717) is 0 Å². The number of alkyl halides is 3. The Kier molecular flexibility index (Phi) is 3.05. The minimum absolute atomic E-state index is 0.00343. The number of methoxy groups -OCH3 is 1. The Bertz CT molecular complexity index is 659. The van der Waals surface area contributed by atoms with Crippen molar-refractivity contribution in [2.45, 2.75) is 6.18 Å². The highest BCUT2D eigenvalue weighted by molar-refractivity contribution is 6.35. The maximum absolute atomic E-state index is 12.8. The van der Waals surface area contributed by atoms with E-state index < -0.39 is 16.8 Å². The number of hydrogen-bond acceptors (Lipinski definition) is 5. The number of aromatic nitrogens is 2. The molecule has 0 atom stereocenters. The van der Waals surface area contributed by atoms with Crippen molar-refractivity contribution in [3.63, 3.8) is 0 Å². The molecule has 0 saturated carbocycles. The Morgan fingerprint density at radius 2 is 1.89 bits per heavy atom. The number of anilines is 2. The Hall–Kier alpha value is -1.96. The van der Waals surface area contributed by atoms with E-state index in [0.717, 1.165) is 6.07 Å². The number of ether oxygens (including phenoxy) is 1. The van der Waals surface area contributed by atoms with Crippen LogP contribution in [0, 0.1) is 0 Å². The fraction of sp³-hybridized carbons (Fsp3) is 0.200. The Balaban J connectivity index is 2.85. The van der Waals surface area contributed by atoms with Gasteiger partial charge in [0.05, 0.1) is 28.9 Å². The number of benzene rings is 1. The van der Waals surface area contributed by atoms with Gasteiger partial charge in [0.1, 0.15) is 5.52 Å². The molecule has 2 rings (SSSR count). The first-order chi connectivity index (χ1) is 8.75. The van der Waals surface area contributed by atoms with Crippen LogP contribution >= 0.6 is 11.6 Å². The molecule has 0 saturated heterocycles. The van der Waals surface area contributed by atoms with Crippen LogP contribution < -0.4 is 16.2 Å². The van der Waals surface area contributed by atoms with Gasteiger partial charge in [-0.05, 0) is 6.07 Å². The number of hydrogen-bond donors (Lipinski definition) is 2. The minimum atomic E-state index is -4.64. The lowest BCUT2D eigenvalue weighted by Crippen LogP contribution is -2.09. The lowest BCUT2D eigenvalue weighted by atomic mass is 10.1. The Morgan fingerprint density at radius 3 is 2.42 bits per heavy atom. The first-order valence-electron chi connectivity index (χ1n) is 4.92. The molecular formula is C10H8ClF3N4O. The summed E-state index contributed by atoms with van der Waals surface area (Å²) in [7, 11) is 1.27. The van der Waals surface area contributed by atoms with E-state index in [9.17, 15) is 13.2 Å². The molecule has 9 heteroatoms. The zero-order chi connectivity index (χ0) is 14.4. The molecule has 0 spiro atoms.